The normalized spacial score (nSPS) is 12.0. The summed E-state index contributed by atoms with van der Waals surface area (Å²) >= 11 is 7.55. The van der Waals surface area contributed by atoms with Crippen molar-refractivity contribution in [2.45, 2.75) is 25.0 Å². The molecule has 0 fully saturated rings. The molecule has 7 heteroatoms. The highest BCUT2D eigenvalue weighted by Gasteiger charge is 2.17. The molecular formula is C25H22ClN3O2S. The van der Waals surface area contributed by atoms with Crippen molar-refractivity contribution >= 4 is 40.2 Å². The van der Waals surface area contributed by atoms with Crippen LogP contribution in [0.15, 0.2) is 82.7 Å². The van der Waals surface area contributed by atoms with E-state index in [1.165, 1.54) is 11.8 Å². The maximum atomic E-state index is 13.4. The molecule has 0 radical (unpaired) electrons. The van der Waals surface area contributed by atoms with E-state index in [0.717, 1.165) is 11.1 Å². The number of amides is 1. The summed E-state index contributed by atoms with van der Waals surface area (Å²) in [4.78, 5) is 30.7. The molecule has 0 spiro atoms. The summed E-state index contributed by atoms with van der Waals surface area (Å²) in [6.07, 6.45) is 0. The van der Waals surface area contributed by atoms with E-state index in [1.54, 1.807) is 28.8 Å². The van der Waals surface area contributed by atoms with Gasteiger partial charge in [-0.15, -0.1) is 0 Å². The van der Waals surface area contributed by atoms with E-state index in [9.17, 15) is 9.59 Å². The SMILES string of the molecule is Cc1c(Cl)cccc1-n1c(SCC(=O)NC(C)c2ccccc2)nc2ccccc2c1=O. The van der Waals surface area contributed by atoms with E-state index < -0.39 is 0 Å². The van der Waals surface area contributed by atoms with Crippen molar-refractivity contribution in [3.63, 3.8) is 0 Å². The second-order valence-electron chi connectivity index (χ2n) is 7.42. The molecule has 0 saturated carbocycles. The first kappa shape index (κ1) is 22.1. The summed E-state index contributed by atoms with van der Waals surface area (Å²) in [6, 6.07) is 22.3. The molecule has 1 atom stereocenters. The Kier molecular flexibility index (Phi) is 6.63. The van der Waals surface area contributed by atoms with Crippen LogP contribution >= 0.6 is 23.4 Å². The van der Waals surface area contributed by atoms with Gasteiger partial charge in [-0.25, -0.2) is 4.98 Å². The highest BCUT2D eigenvalue weighted by atomic mass is 35.5. The number of hydrogen-bond donors (Lipinski definition) is 1. The van der Waals surface area contributed by atoms with E-state index >= 15 is 0 Å². The molecular weight excluding hydrogens is 442 g/mol. The summed E-state index contributed by atoms with van der Waals surface area (Å²) < 4.78 is 1.54. The van der Waals surface area contributed by atoms with Gasteiger partial charge in [-0.1, -0.05) is 71.9 Å². The fourth-order valence-corrected chi connectivity index (χ4v) is 4.48. The summed E-state index contributed by atoms with van der Waals surface area (Å²) in [5.41, 5.74) is 2.86. The number of carbonyl (C=O) groups is 1. The van der Waals surface area contributed by atoms with Crippen LogP contribution in [0.1, 0.15) is 24.1 Å². The number of halogens is 1. The molecule has 0 saturated heterocycles. The van der Waals surface area contributed by atoms with Gasteiger partial charge in [-0.05, 0) is 49.2 Å². The second kappa shape index (κ2) is 9.59. The molecule has 0 aliphatic heterocycles. The summed E-state index contributed by atoms with van der Waals surface area (Å²) in [7, 11) is 0. The van der Waals surface area contributed by atoms with Crippen LogP contribution in [0.25, 0.3) is 16.6 Å². The predicted molar refractivity (Wildman–Crippen MR) is 131 cm³/mol. The topological polar surface area (TPSA) is 64.0 Å². The second-order valence-corrected chi connectivity index (χ2v) is 8.77. The number of benzene rings is 3. The number of thioether (sulfide) groups is 1. The van der Waals surface area contributed by atoms with Crippen molar-refractivity contribution in [2.24, 2.45) is 0 Å². The fraction of sp³-hybridized carbons (Fsp3) is 0.160. The molecule has 1 amide bonds. The van der Waals surface area contributed by atoms with E-state index in [1.807, 2.05) is 62.4 Å². The highest BCUT2D eigenvalue weighted by molar-refractivity contribution is 7.99. The van der Waals surface area contributed by atoms with E-state index in [4.69, 9.17) is 16.6 Å². The quantitative estimate of drug-likeness (QED) is 0.310. The minimum Gasteiger partial charge on any atom is -0.349 e. The molecule has 1 N–H and O–H groups in total. The maximum absolute atomic E-state index is 13.4. The van der Waals surface area contributed by atoms with E-state index in [2.05, 4.69) is 5.32 Å². The zero-order valence-corrected chi connectivity index (χ0v) is 19.3. The largest absolute Gasteiger partial charge is 0.349 e. The fourth-order valence-electron chi connectivity index (χ4n) is 3.50. The Morgan fingerprint density at radius 3 is 2.56 bits per heavy atom. The number of para-hydroxylation sites is 1. The van der Waals surface area contributed by atoms with Gasteiger partial charge in [0.1, 0.15) is 0 Å². The summed E-state index contributed by atoms with van der Waals surface area (Å²) in [5.74, 6) is -0.00944. The Bertz CT molecular complexity index is 1340. The number of aromatic nitrogens is 2. The monoisotopic (exact) mass is 463 g/mol. The van der Waals surface area contributed by atoms with Crippen LogP contribution in [0.2, 0.25) is 5.02 Å². The zero-order valence-electron chi connectivity index (χ0n) is 17.7. The first-order valence-electron chi connectivity index (χ1n) is 10.2. The van der Waals surface area contributed by atoms with Crippen LogP contribution in [0.5, 0.6) is 0 Å². The molecule has 1 heterocycles. The van der Waals surface area contributed by atoms with Crippen LogP contribution in [-0.4, -0.2) is 21.2 Å². The molecule has 1 aromatic heterocycles. The Morgan fingerprint density at radius 2 is 1.78 bits per heavy atom. The molecule has 1 unspecified atom stereocenters. The maximum Gasteiger partial charge on any atom is 0.266 e. The summed E-state index contributed by atoms with van der Waals surface area (Å²) in [5, 5.41) is 4.52. The first-order chi connectivity index (χ1) is 15.5. The van der Waals surface area contributed by atoms with Crippen molar-refractivity contribution in [3.05, 3.63) is 99.3 Å². The standard InChI is InChI=1S/C25H22ClN3O2S/c1-16-20(26)12-8-14-22(16)29-24(31)19-11-6-7-13-21(19)28-25(29)32-15-23(30)27-17(2)18-9-4-3-5-10-18/h3-14,17H,15H2,1-2H3,(H,27,30). The number of rotatable bonds is 6. The van der Waals surface area contributed by atoms with Crippen LogP contribution in [0.3, 0.4) is 0 Å². The van der Waals surface area contributed by atoms with Crippen molar-refractivity contribution < 1.29 is 4.79 Å². The molecule has 32 heavy (non-hydrogen) atoms. The van der Waals surface area contributed by atoms with Crippen molar-refractivity contribution in [1.82, 2.24) is 14.9 Å². The predicted octanol–water partition coefficient (Wildman–Crippen LogP) is 5.32. The van der Waals surface area contributed by atoms with Gasteiger partial charge >= 0.3 is 0 Å². The number of carbonyl (C=O) groups excluding carboxylic acids is 1. The van der Waals surface area contributed by atoms with Crippen LogP contribution in [0.4, 0.5) is 0 Å². The molecule has 0 bridgehead atoms. The van der Waals surface area contributed by atoms with E-state index in [-0.39, 0.29) is 23.3 Å². The Labute approximate surface area is 195 Å². The van der Waals surface area contributed by atoms with Crippen molar-refractivity contribution in [2.75, 3.05) is 5.75 Å². The lowest BCUT2D eigenvalue weighted by Crippen LogP contribution is -2.29. The van der Waals surface area contributed by atoms with Gasteiger partial charge in [0.2, 0.25) is 5.91 Å². The van der Waals surface area contributed by atoms with Gasteiger partial charge in [-0.3, -0.25) is 14.2 Å². The average molecular weight is 464 g/mol. The summed E-state index contributed by atoms with van der Waals surface area (Å²) in [6.45, 7) is 3.80. The Balaban J connectivity index is 1.66. The Hall–Kier alpha value is -3.09. The minimum absolute atomic E-state index is 0.119. The molecule has 162 valence electrons. The molecule has 3 aromatic carbocycles. The Morgan fingerprint density at radius 1 is 1.06 bits per heavy atom. The lowest BCUT2D eigenvalue weighted by molar-refractivity contribution is -0.119. The lowest BCUT2D eigenvalue weighted by atomic mass is 10.1. The third-order valence-corrected chi connectivity index (χ3v) is 6.58. The number of nitrogens with zero attached hydrogens (tertiary/aromatic N) is 2. The molecule has 4 aromatic rings. The van der Waals surface area contributed by atoms with Gasteiger partial charge in [0, 0.05) is 5.02 Å². The van der Waals surface area contributed by atoms with Gasteiger partial charge in [-0.2, -0.15) is 0 Å². The van der Waals surface area contributed by atoms with Crippen LogP contribution in [-0.2, 0) is 4.79 Å². The molecule has 0 aliphatic carbocycles. The smallest absolute Gasteiger partial charge is 0.266 e. The number of hydrogen-bond acceptors (Lipinski definition) is 4. The van der Waals surface area contributed by atoms with Gasteiger partial charge in [0.05, 0.1) is 28.4 Å². The average Bonchev–Trinajstić information content (AvgIpc) is 2.80. The van der Waals surface area contributed by atoms with E-state index in [0.29, 0.717) is 26.8 Å². The van der Waals surface area contributed by atoms with Crippen LogP contribution in [0, 0.1) is 6.92 Å². The molecule has 0 aliphatic rings. The van der Waals surface area contributed by atoms with Crippen molar-refractivity contribution in [1.29, 1.82) is 0 Å². The number of fused-ring (bicyclic) bond motifs is 1. The minimum atomic E-state index is -0.193. The van der Waals surface area contributed by atoms with Gasteiger partial charge in [0.15, 0.2) is 5.16 Å². The number of nitrogens with one attached hydrogen (secondary N) is 1. The van der Waals surface area contributed by atoms with Crippen LogP contribution < -0.4 is 10.9 Å². The van der Waals surface area contributed by atoms with Crippen molar-refractivity contribution in [3.8, 4) is 5.69 Å². The van der Waals surface area contributed by atoms with Gasteiger partial charge in [0.25, 0.3) is 5.56 Å². The zero-order chi connectivity index (χ0) is 22.7. The lowest BCUT2D eigenvalue weighted by Gasteiger charge is -2.17. The third-order valence-electron chi connectivity index (χ3n) is 5.23. The molecule has 4 rings (SSSR count). The first-order valence-corrected chi connectivity index (χ1v) is 11.6. The third kappa shape index (κ3) is 4.56. The molecule has 5 nitrogen and oxygen atoms in total. The van der Waals surface area contributed by atoms with Gasteiger partial charge < -0.3 is 5.32 Å². The highest BCUT2D eigenvalue weighted by Crippen LogP contribution is 2.26.